The van der Waals surface area contributed by atoms with Crippen molar-refractivity contribution in [1.82, 2.24) is 0 Å². The molecule has 0 aliphatic heterocycles. The molecular weight excluding hydrogens is 300 g/mol. The van der Waals surface area contributed by atoms with Crippen molar-refractivity contribution in [3.8, 4) is 5.75 Å². The Morgan fingerprint density at radius 1 is 0.955 bits per heavy atom. The van der Waals surface area contributed by atoms with E-state index in [1.807, 2.05) is 0 Å². The quantitative estimate of drug-likeness (QED) is 0.443. The van der Waals surface area contributed by atoms with Gasteiger partial charge in [-0.05, 0) is 35.4 Å². The highest BCUT2D eigenvalue weighted by atomic mass is 28.3. The second kappa shape index (κ2) is 9.16. The van der Waals surface area contributed by atoms with Crippen molar-refractivity contribution >= 4 is 29.1 Å². The Hall–Kier alpha value is -1.07. The maximum Gasteiger partial charge on any atom is 0.119 e. The average molecular weight is 328 g/mol. The van der Waals surface area contributed by atoms with Gasteiger partial charge in [0.05, 0.1) is 6.61 Å². The highest BCUT2D eigenvalue weighted by Gasteiger charge is 2.00. The third kappa shape index (κ3) is 5.61. The van der Waals surface area contributed by atoms with Gasteiger partial charge in [-0.3, -0.25) is 0 Å². The molecule has 117 valence electrons. The van der Waals surface area contributed by atoms with Gasteiger partial charge in [0.15, 0.2) is 0 Å². The highest BCUT2D eigenvalue weighted by molar-refractivity contribution is 6.55. The molecule has 0 spiro atoms. The van der Waals surface area contributed by atoms with Crippen molar-refractivity contribution in [2.45, 2.75) is 51.0 Å². The Labute approximate surface area is 139 Å². The van der Waals surface area contributed by atoms with Crippen LogP contribution in [0.5, 0.6) is 5.75 Å². The standard InChI is InChI=1S/C19H27OSi2/c1-21-15-16-7-8-18-14-19(10-9-17(18)13-16)20-11-5-4-6-12-22(2)3/h7-10,13-14H,4-6,11-12,15H2,1-3H3. The predicted octanol–water partition coefficient (Wildman–Crippen LogP) is 5.40. The molecule has 0 fully saturated rings. The van der Waals surface area contributed by atoms with Gasteiger partial charge in [0.2, 0.25) is 0 Å². The molecule has 0 aliphatic carbocycles. The molecular formula is C19H27OSi2. The van der Waals surface area contributed by atoms with Crippen LogP contribution in [0.1, 0.15) is 24.8 Å². The third-order valence-electron chi connectivity index (χ3n) is 3.85. The monoisotopic (exact) mass is 327 g/mol. The minimum absolute atomic E-state index is 0.0455. The summed E-state index contributed by atoms with van der Waals surface area (Å²) in [7, 11) is 0.933. The van der Waals surface area contributed by atoms with Gasteiger partial charge in [-0.2, -0.15) is 0 Å². The van der Waals surface area contributed by atoms with Gasteiger partial charge in [0.1, 0.15) is 5.75 Å². The lowest BCUT2D eigenvalue weighted by atomic mass is 10.1. The first-order valence-electron chi connectivity index (χ1n) is 8.28. The molecule has 0 aliphatic rings. The highest BCUT2D eigenvalue weighted by Crippen LogP contribution is 2.22. The van der Waals surface area contributed by atoms with E-state index in [-0.39, 0.29) is 8.80 Å². The van der Waals surface area contributed by atoms with Crippen molar-refractivity contribution in [3.05, 3.63) is 42.0 Å². The van der Waals surface area contributed by atoms with E-state index in [0.29, 0.717) is 0 Å². The summed E-state index contributed by atoms with van der Waals surface area (Å²) >= 11 is 0. The van der Waals surface area contributed by atoms with E-state index >= 15 is 0 Å². The minimum Gasteiger partial charge on any atom is -0.494 e. The molecule has 0 amide bonds. The predicted molar refractivity (Wildman–Crippen MR) is 101 cm³/mol. The second-order valence-corrected chi connectivity index (χ2v) is 10.2. The van der Waals surface area contributed by atoms with Crippen molar-refractivity contribution in [2.75, 3.05) is 6.61 Å². The molecule has 0 saturated carbocycles. The zero-order chi connectivity index (χ0) is 15.8. The zero-order valence-corrected chi connectivity index (χ0v) is 16.1. The fraction of sp³-hybridized carbons (Fsp3) is 0.474. The van der Waals surface area contributed by atoms with Crippen LogP contribution in [0.25, 0.3) is 10.8 Å². The summed E-state index contributed by atoms with van der Waals surface area (Å²) in [6, 6.07) is 15.9. The van der Waals surface area contributed by atoms with Gasteiger partial charge in [-0.25, -0.2) is 0 Å². The molecule has 3 radical (unpaired) electrons. The summed E-state index contributed by atoms with van der Waals surface area (Å²) in [6.07, 6.45) is 3.83. The SMILES string of the molecule is C[Si]Cc1ccc2cc(OCCCCC[Si](C)C)ccc2c1. The van der Waals surface area contributed by atoms with Gasteiger partial charge >= 0.3 is 0 Å². The third-order valence-corrected chi connectivity index (χ3v) is 5.96. The molecule has 0 aromatic heterocycles. The lowest BCUT2D eigenvalue weighted by Gasteiger charge is -2.08. The van der Waals surface area contributed by atoms with E-state index in [0.717, 1.165) is 21.9 Å². The minimum atomic E-state index is -0.0455. The summed E-state index contributed by atoms with van der Waals surface area (Å²) in [5.74, 6) is 1.01. The Bertz CT molecular complexity index is 581. The molecule has 0 atom stereocenters. The van der Waals surface area contributed by atoms with E-state index < -0.39 is 0 Å². The molecule has 0 bridgehead atoms. The van der Waals surface area contributed by atoms with Crippen LogP contribution in [-0.2, 0) is 6.04 Å². The topological polar surface area (TPSA) is 9.23 Å². The Morgan fingerprint density at radius 3 is 2.50 bits per heavy atom. The maximum absolute atomic E-state index is 5.91. The van der Waals surface area contributed by atoms with Crippen LogP contribution in [0, 0.1) is 0 Å². The number of ether oxygens (including phenoxy) is 1. The molecule has 2 rings (SSSR count). The van der Waals surface area contributed by atoms with Crippen LogP contribution in [0.4, 0.5) is 0 Å². The normalized spacial score (nSPS) is 11.3. The first-order chi connectivity index (χ1) is 10.7. The van der Waals surface area contributed by atoms with E-state index in [1.54, 1.807) is 0 Å². The van der Waals surface area contributed by atoms with E-state index in [4.69, 9.17) is 4.74 Å². The van der Waals surface area contributed by atoms with E-state index in [2.05, 4.69) is 56.0 Å². The number of hydrogen-bond acceptors (Lipinski definition) is 1. The van der Waals surface area contributed by atoms with Gasteiger partial charge in [-0.1, -0.05) is 68.4 Å². The molecule has 3 heteroatoms. The number of hydrogen-bond donors (Lipinski definition) is 0. The van der Waals surface area contributed by atoms with E-state index in [9.17, 15) is 0 Å². The van der Waals surface area contributed by atoms with Crippen molar-refractivity contribution in [3.63, 3.8) is 0 Å². The smallest absolute Gasteiger partial charge is 0.119 e. The maximum atomic E-state index is 5.91. The lowest BCUT2D eigenvalue weighted by molar-refractivity contribution is 0.306. The van der Waals surface area contributed by atoms with Gasteiger partial charge in [-0.15, -0.1) is 0 Å². The first-order valence-corrected chi connectivity index (χ1v) is 12.7. The number of rotatable bonds is 9. The Balaban J connectivity index is 1.83. The Kier molecular flexibility index (Phi) is 7.20. The van der Waals surface area contributed by atoms with Crippen LogP contribution in [-0.4, -0.2) is 24.9 Å². The second-order valence-electron chi connectivity index (χ2n) is 6.24. The molecule has 1 nitrogen and oxygen atoms in total. The van der Waals surface area contributed by atoms with Crippen molar-refractivity contribution in [1.29, 1.82) is 0 Å². The lowest BCUT2D eigenvalue weighted by Crippen LogP contribution is -2.00. The zero-order valence-electron chi connectivity index (χ0n) is 14.1. The fourth-order valence-electron chi connectivity index (χ4n) is 2.62. The molecule has 22 heavy (non-hydrogen) atoms. The summed E-state index contributed by atoms with van der Waals surface area (Å²) in [5, 5.41) is 2.61. The molecule has 0 unspecified atom stereocenters. The number of unbranched alkanes of at least 4 members (excludes halogenated alkanes) is 2. The summed E-state index contributed by atoms with van der Waals surface area (Å²) in [4.78, 5) is 0. The molecule has 2 aromatic carbocycles. The largest absolute Gasteiger partial charge is 0.494 e. The van der Waals surface area contributed by atoms with Crippen molar-refractivity contribution in [2.24, 2.45) is 0 Å². The van der Waals surface area contributed by atoms with Crippen LogP contribution in [0.2, 0.25) is 25.7 Å². The fourth-order valence-corrected chi connectivity index (χ4v) is 4.21. The van der Waals surface area contributed by atoms with Gasteiger partial charge in [0, 0.05) is 18.3 Å². The number of fused-ring (bicyclic) bond motifs is 1. The van der Waals surface area contributed by atoms with Crippen LogP contribution < -0.4 is 4.74 Å². The first kappa shape index (κ1) is 17.3. The molecule has 0 N–H and O–H groups in total. The summed E-state index contributed by atoms with van der Waals surface area (Å²) in [5.41, 5.74) is 1.44. The van der Waals surface area contributed by atoms with Gasteiger partial charge in [0.25, 0.3) is 0 Å². The molecule has 0 heterocycles. The van der Waals surface area contributed by atoms with Crippen LogP contribution in [0.15, 0.2) is 36.4 Å². The average Bonchev–Trinajstić information content (AvgIpc) is 2.51. The van der Waals surface area contributed by atoms with Crippen molar-refractivity contribution < 1.29 is 4.74 Å². The van der Waals surface area contributed by atoms with E-state index in [1.165, 1.54) is 47.7 Å². The molecule has 2 aromatic rings. The summed E-state index contributed by atoms with van der Waals surface area (Å²) in [6.45, 7) is 7.88. The van der Waals surface area contributed by atoms with Gasteiger partial charge < -0.3 is 4.74 Å². The van der Waals surface area contributed by atoms with Crippen LogP contribution in [0.3, 0.4) is 0 Å². The Morgan fingerprint density at radius 2 is 1.73 bits per heavy atom. The summed E-state index contributed by atoms with van der Waals surface area (Å²) < 4.78 is 5.91. The van der Waals surface area contributed by atoms with Crippen LogP contribution >= 0.6 is 0 Å². The molecule has 0 saturated heterocycles. The number of benzene rings is 2.